The third kappa shape index (κ3) is 5.25. The lowest BCUT2D eigenvalue weighted by molar-refractivity contribution is -0.121. The van der Waals surface area contributed by atoms with Gasteiger partial charge in [0.1, 0.15) is 0 Å². The van der Waals surface area contributed by atoms with Crippen LogP contribution in [0.25, 0.3) is 10.8 Å². The van der Waals surface area contributed by atoms with Crippen LogP contribution in [0.4, 0.5) is 0 Å². The molecule has 3 aromatic carbocycles. The Bertz CT molecular complexity index is 1080. The molecule has 0 saturated carbocycles. The van der Waals surface area contributed by atoms with Crippen LogP contribution in [0.1, 0.15) is 40.9 Å². The molecule has 3 rings (SSSR count). The molecule has 3 aromatic rings. The zero-order valence-electron chi connectivity index (χ0n) is 16.9. The number of carbonyl (C=O) groups is 2. The molecular formula is C25H25N3O2. The number of terminal acetylenes is 1. The first-order valence-electron chi connectivity index (χ1n) is 9.91. The van der Waals surface area contributed by atoms with E-state index in [1.165, 1.54) is 0 Å². The fourth-order valence-corrected chi connectivity index (χ4v) is 3.44. The minimum atomic E-state index is -0.176. The Morgan fingerprint density at radius 1 is 1.00 bits per heavy atom. The van der Waals surface area contributed by atoms with Crippen LogP contribution in [0.2, 0.25) is 0 Å². The van der Waals surface area contributed by atoms with Gasteiger partial charge in [0, 0.05) is 12.0 Å². The molecule has 0 aliphatic rings. The summed E-state index contributed by atoms with van der Waals surface area (Å²) in [5.74, 6) is 2.05. The number of aryl methyl sites for hydroxylation is 1. The van der Waals surface area contributed by atoms with Gasteiger partial charge in [0.15, 0.2) is 0 Å². The summed E-state index contributed by atoms with van der Waals surface area (Å²) in [4.78, 5) is 24.9. The van der Waals surface area contributed by atoms with Crippen LogP contribution in [0.5, 0.6) is 0 Å². The van der Waals surface area contributed by atoms with Crippen LogP contribution < -0.4 is 16.2 Å². The molecule has 1 atom stereocenters. The maximum atomic E-state index is 13.0. The molecule has 0 saturated heterocycles. The number of nitrogens with one attached hydrogen (secondary N) is 3. The quantitative estimate of drug-likeness (QED) is 0.308. The maximum absolute atomic E-state index is 13.0. The monoisotopic (exact) mass is 399 g/mol. The van der Waals surface area contributed by atoms with Crippen molar-refractivity contribution in [2.45, 2.75) is 25.8 Å². The highest BCUT2D eigenvalue weighted by molar-refractivity contribution is 5.96. The lowest BCUT2D eigenvalue weighted by Gasteiger charge is -2.18. The van der Waals surface area contributed by atoms with Crippen molar-refractivity contribution in [1.29, 1.82) is 0 Å². The van der Waals surface area contributed by atoms with Gasteiger partial charge in [0.2, 0.25) is 5.91 Å². The largest absolute Gasteiger partial charge is 0.345 e. The first-order valence-corrected chi connectivity index (χ1v) is 9.91. The van der Waals surface area contributed by atoms with Crippen LogP contribution in [0.15, 0.2) is 66.7 Å². The average Bonchev–Trinajstić information content (AvgIpc) is 2.77. The summed E-state index contributed by atoms with van der Waals surface area (Å²) in [6, 6.07) is 21.4. The normalized spacial score (nSPS) is 11.5. The molecule has 5 nitrogen and oxygen atoms in total. The lowest BCUT2D eigenvalue weighted by Crippen LogP contribution is -2.37. The average molecular weight is 399 g/mol. The van der Waals surface area contributed by atoms with E-state index in [9.17, 15) is 9.59 Å². The molecule has 0 aliphatic heterocycles. The number of amides is 2. The molecule has 30 heavy (non-hydrogen) atoms. The highest BCUT2D eigenvalue weighted by atomic mass is 16.2. The Hall–Kier alpha value is -3.62. The number of hydrogen-bond donors (Lipinski definition) is 3. The number of hydrazine groups is 1. The minimum Gasteiger partial charge on any atom is -0.345 e. The fraction of sp³-hybridized carbons (Fsp3) is 0.200. The van der Waals surface area contributed by atoms with E-state index >= 15 is 0 Å². The van der Waals surface area contributed by atoms with Crippen LogP contribution >= 0.6 is 0 Å². The predicted molar refractivity (Wildman–Crippen MR) is 120 cm³/mol. The van der Waals surface area contributed by atoms with E-state index in [2.05, 4.69) is 40.3 Å². The molecule has 0 radical (unpaired) electrons. The Morgan fingerprint density at radius 2 is 1.73 bits per heavy atom. The molecule has 0 bridgehead atoms. The predicted octanol–water partition coefficient (Wildman–Crippen LogP) is 3.52. The maximum Gasteiger partial charge on any atom is 0.252 e. The molecule has 2 amide bonds. The summed E-state index contributed by atoms with van der Waals surface area (Å²) < 4.78 is 0. The molecule has 3 N–H and O–H groups in total. The molecule has 152 valence electrons. The zero-order chi connectivity index (χ0) is 21.3. The van der Waals surface area contributed by atoms with Gasteiger partial charge in [0.25, 0.3) is 5.91 Å². The number of hydrogen-bond acceptors (Lipinski definition) is 3. The molecule has 0 heterocycles. The Balaban J connectivity index is 1.70. The Kier molecular flexibility index (Phi) is 7.20. The smallest absolute Gasteiger partial charge is 0.252 e. The zero-order valence-corrected chi connectivity index (χ0v) is 16.9. The van der Waals surface area contributed by atoms with Gasteiger partial charge in [-0.25, -0.2) is 5.43 Å². The molecule has 0 aromatic heterocycles. The number of carbonyl (C=O) groups excluding carboxylic acids is 2. The second-order valence-corrected chi connectivity index (χ2v) is 7.03. The second kappa shape index (κ2) is 10.2. The van der Waals surface area contributed by atoms with Crippen molar-refractivity contribution >= 4 is 22.6 Å². The number of rotatable bonds is 8. The van der Waals surface area contributed by atoms with E-state index in [1.807, 2.05) is 49.4 Å². The van der Waals surface area contributed by atoms with Gasteiger partial charge in [0.05, 0.1) is 12.6 Å². The Labute approximate surface area is 176 Å². The topological polar surface area (TPSA) is 70.2 Å². The van der Waals surface area contributed by atoms with Crippen molar-refractivity contribution in [2.75, 3.05) is 6.54 Å². The van der Waals surface area contributed by atoms with Crippen LogP contribution in [0.3, 0.4) is 0 Å². The standard InChI is InChI=1S/C25H25N3O2/c1-3-17-26-28-24(29)16-15-20-10-5-7-13-23(20)25(30)27-18(2)21-14-8-11-19-9-4-6-12-22(19)21/h1,4-14,18,26H,15-17H2,2H3,(H,27,30)(H,28,29)/t18-/m1/s1. The summed E-state index contributed by atoms with van der Waals surface area (Å²) in [6.07, 6.45) is 5.84. The summed E-state index contributed by atoms with van der Waals surface area (Å²) >= 11 is 0. The van der Waals surface area contributed by atoms with Gasteiger partial charge >= 0.3 is 0 Å². The van der Waals surface area contributed by atoms with Crippen LogP contribution in [0, 0.1) is 12.3 Å². The second-order valence-electron chi connectivity index (χ2n) is 7.03. The van der Waals surface area contributed by atoms with E-state index < -0.39 is 0 Å². The number of fused-ring (bicyclic) bond motifs is 1. The molecular weight excluding hydrogens is 374 g/mol. The SMILES string of the molecule is C#CCNNC(=O)CCc1ccccc1C(=O)N[C@H](C)c1cccc2ccccc12. The van der Waals surface area contributed by atoms with E-state index in [-0.39, 0.29) is 30.8 Å². The summed E-state index contributed by atoms with van der Waals surface area (Å²) in [6.45, 7) is 2.24. The third-order valence-corrected chi connectivity index (χ3v) is 4.94. The van der Waals surface area contributed by atoms with Gasteiger partial charge < -0.3 is 5.32 Å². The summed E-state index contributed by atoms with van der Waals surface area (Å²) in [5, 5.41) is 5.36. The Morgan fingerprint density at radius 3 is 2.57 bits per heavy atom. The number of benzene rings is 3. The van der Waals surface area contributed by atoms with Crippen LogP contribution in [-0.2, 0) is 11.2 Å². The molecule has 0 spiro atoms. The van der Waals surface area contributed by atoms with Crippen molar-refractivity contribution in [3.05, 3.63) is 83.4 Å². The van der Waals surface area contributed by atoms with Crippen molar-refractivity contribution in [3.8, 4) is 12.3 Å². The van der Waals surface area contributed by atoms with E-state index in [4.69, 9.17) is 6.42 Å². The van der Waals surface area contributed by atoms with Gasteiger partial charge in [-0.3, -0.25) is 15.0 Å². The summed E-state index contributed by atoms with van der Waals surface area (Å²) in [7, 11) is 0. The summed E-state index contributed by atoms with van der Waals surface area (Å²) in [5.41, 5.74) is 7.67. The van der Waals surface area contributed by atoms with Crippen LogP contribution in [-0.4, -0.2) is 18.4 Å². The molecule has 0 fully saturated rings. The van der Waals surface area contributed by atoms with E-state index in [1.54, 1.807) is 6.07 Å². The van der Waals surface area contributed by atoms with Gasteiger partial charge in [-0.05, 0) is 41.3 Å². The van der Waals surface area contributed by atoms with Crippen molar-refractivity contribution in [3.63, 3.8) is 0 Å². The highest BCUT2D eigenvalue weighted by Crippen LogP contribution is 2.24. The molecule has 0 unspecified atom stereocenters. The van der Waals surface area contributed by atoms with Gasteiger partial charge in [-0.1, -0.05) is 66.6 Å². The molecule has 5 heteroatoms. The van der Waals surface area contributed by atoms with E-state index in [0.29, 0.717) is 12.0 Å². The molecule has 0 aliphatic carbocycles. The van der Waals surface area contributed by atoms with Crippen molar-refractivity contribution < 1.29 is 9.59 Å². The fourth-order valence-electron chi connectivity index (χ4n) is 3.44. The lowest BCUT2D eigenvalue weighted by atomic mass is 9.98. The van der Waals surface area contributed by atoms with Gasteiger partial charge in [-0.2, -0.15) is 0 Å². The first kappa shape index (κ1) is 21.1. The van der Waals surface area contributed by atoms with Crippen molar-refractivity contribution in [2.24, 2.45) is 0 Å². The van der Waals surface area contributed by atoms with Gasteiger partial charge in [-0.15, -0.1) is 6.42 Å². The highest BCUT2D eigenvalue weighted by Gasteiger charge is 2.16. The van der Waals surface area contributed by atoms with Crippen molar-refractivity contribution in [1.82, 2.24) is 16.2 Å². The van der Waals surface area contributed by atoms with E-state index in [0.717, 1.165) is 21.9 Å². The third-order valence-electron chi connectivity index (χ3n) is 4.94. The minimum absolute atomic E-state index is 0.156. The first-order chi connectivity index (χ1) is 14.6.